The molecule has 0 unspecified atom stereocenters. The van der Waals surface area contributed by atoms with Gasteiger partial charge < -0.3 is 5.73 Å². The molecule has 2 N–H and O–H groups in total. The van der Waals surface area contributed by atoms with E-state index in [4.69, 9.17) is 11.0 Å². The van der Waals surface area contributed by atoms with Crippen molar-refractivity contribution in [3.8, 4) is 6.07 Å². The van der Waals surface area contributed by atoms with Crippen LogP contribution in [0.4, 0.5) is 13.2 Å². The minimum absolute atomic E-state index is 0.0673. The fraction of sp³-hybridized carbons (Fsp3) is 0.273. The van der Waals surface area contributed by atoms with Gasteiger partial charge in [0.25, 0.3) is 0 Å². The molecule has 0 bridgehead atoms. The molecule has 3 aromatic rings. The van der Waals surface area contributed by atoms with Gasteiger partial charge >= 0.3 is 0 Å². The van der Waals surface area contributed by atoms with E-state index in [-0.39, 0.29) is 28.3 Å². The Morgan fingerprint density at radius 2 is 2.10 bits per heavy atom. The molecule has 1 aromatic carbocycles. The third-order valence-electron chi connectivity index (χ3n) is 5.86. The second-order valence-electron chi connectivity index (χ2n) is 7.79. The van der Waals surface area contributed by atoms with Crippen molar-refractivity contribution in [2.75, 3.05) is 6.67 Å². The molecule has 1 saturated carbocycles. The highest BCUT2D eigenvalue weighted by atomic mass is 32.2. The average Bonchev–Trinajstić information content (AvgIpc) is 3.55. The Kier molecular flexibility index (Phi) is 4.63. The molecule has 3 atom stereocenters. The Morgan fingerprint density at radius 3 is 2.87 bits per heavy atom. The van der Waals surface area contributed by atoms with Gasteiger partial charge in [-0.05, 0) is 36.2 Å². The average molecular weight is 439 g/mol. The van der Waals surface area contributed by atoms with Crippen LogP contribution in [0.1, 0.15) is 28.8 Å². The highest BCUT2D eigenvalue weighted by molar-refractivity contribution is 8.14. The lowest BCUT2D eigenvalue weighted by Gasteiger charge is -2.32. The van der Waals surface area contributed by atoms with Crippen molar-refractivity contribution in [1.82, 2.24) is 9.97 Å². The maximum atomic E-state index is 14.9. The van der Waals surface area contributed by atoms with Gasteiger partial charge in [-0.15, -0.1) is 0 Å². The number of nitrogens with two attached hydrogens (primary N) is 1. The maximum Gasteiger partial charge on any atom is 0.164 e. The SMILES string of the molecule is N#Cc1cnc2c(Cc3cc(F)c(F)c([C@@]4(CF)N=C(N)S[C@H]5C[C@H]54)c3)nccc2c1. The van der Waals surface area contributed by atoms with Crippen LogP contribution in [0.3, 0.4) is 0 Å². The third kappa shape index (κ3) is 3.22. The second-order valence-corrected chi connectivity index (χ2v) is 9.05. The third-order valence-corrected chi connectivity index (χ3v) is 7.02. The summed E-state index contributed by atoms with van der Waals surface area (Å²) in [6.45, 7) is -0.958. The second kappa shape index (κ2) is 7.24. The summed E-state index contributed by atoms with van der Waals surface area (Å²) >= 11 is 1.35. The first kappa shape index (κ1) is 19.8. The van der Waals surface area contributed by atoms with Gasteiger partial charge in [-0.2, -0.15) is 5.26 Å². The molecule has 1 aliphatic carbocycles. The Bertz CT molecular complexity index is 1290. The van der Waals surface area contributed by atoms with E-state index in [0.717, 1.165) is 11.5 Å². The first-order valence-corrected chi connectivity index (χ1v) is 10.5. The van der Waals surface area contributed by atoms with E-state index in [0.29, 0.717) is 28.8 Å². The van der Waals surface area contributed by atoms with Crippen molar-refractivity contribution < 1.29 is 13.2 Å². The zero-order chi connectivity index (χ0) is 21.8. The fourth-order valence-electron chi connectivity index (χ4n) is 4.29. The molecule has 0 radical (unpaired) electrons. The van der Waals surface area contributed by atoms with Crippen LogP contribution in [0.25, 0.3) is 10.9 Å². The number of rotatable bonds is 4. The lowest BCUT2D eigenvalue weighted by atomic mass is 9.84. The molecular formula is C22H16F3N5S. The van der Waals surface area contributed by atoms with Crippen LogP contribution < -0.4 is 5.73 Å². The van der Waals surface area contributed by atoms with E-state index in [1.807, 2.05) is 6.07 Å². The molecule has 156 valence electrons. The number of halogens is 3. The number of thioether (sulfide) groups is 1. The Morgan fingerprint density at radius 1 is 1.26 bits per heavy atom. The molecule has 5 nitrogen and oxygen atoms in total. The molecular weight excluding hydrogens is 423 g/mol. The highest BCUT2D eigenvalue weighted by Crippen LogP contribution is 2.58. The number of nitriles is 1. The van der Waals surface area contributed by atoms with E-state index in [2.05, 4.69) is 15.0 Å². The molecule has 9 heteroatoms. The van der Waals surface area contributed by atoms with E-state index in [9.17, 15) is 13.2 Å². The van der Waals surface area contributed by atoms with E-state index in [1.165, 1.54) is 24.0 Å². The van der Waals surface area contributed by atoms with Gasteiger partial charge in [-0.1, -0.05) is 11.8 Å². The molecule has 3 heterocycles. The predicted octanol–water partition coefficient (Wildman–Crippen LogP) is 3.99. The number of alkyl halides is 1. The summed E-state index contributed by atoms with van der Waals surface area (Å²) in [4.78, 5) is 12.9. The predicted molar refractivity (Wildman–Crippen MR) is 112 cm³/mol. The van der Waals surface area contributed by atoms with Gasteiger partial charge in [0.2, 0.25) is 0 Å². The van der Waals surface area contributed by atoms with Crippen LogP contribution in [0.15, 0.2) is 41.7 Å². The molecule has 1 fully saturated rings. The van der Waals surface area contributed by atoms with E-state index >= 15 is 0 Å². The number of aromatic nitrogens is 2. The number of nitrogens with zero attached hydrogens (tertiary/aromatic N) is 4. The largest absolute Gasteiger partial charge is 0.379 e. The first-order valence-electron chi connectivity index (χ1n) is 9.65. The standard InChI is InChI=1S/C22H16F3N5S/c23-10-22(14-7-18(14)31-21(27)30-22)15-4-11(5-16(24)19(15)25)6-17-20-13(1-2-28-17)3-12(8-26)9-29-20/h1-5,9,14,18H,6-7,10H2,(H2,27,30)/t14-,18+,22+/m1/s1. The van der Waals surface area contributed by atoms with Crippen molar-refractivity contribution in [1.29, 1.82) is 5.26 Å². The zero-order valence-electron chi connectivity index (χ0n) is 16.1. The Hall–Kier alpha value is -3.12. The summed E-state index contributed by atoms with van der Waals surface area (Å²) in [5.41, 5.74) is 6.19. The monoisotopic (exact) mass is 439 g/mol. The molecule has 0 amide bonds. The van der Waals surface area contributed by atoms with Crippen LogP contribution in [0.5, 0.6) is 0 Å². The Labute approximate surface area is 180 Å². The van der Waals surface area contributed by atoms with Gasteiger partial charge in [0.05, 0.1) is 16.8 Å². The van der Waals surface area contributed by atoms with Crippen molar-refractivity contribution >= 4 is 27.8 Å². The minimum Gasteiger partial charge on any atom is -0.379 e. The van der Waals surface area contributed by atoms with E-state index < -0.39 is 23.8 Å². The van der Waals surface area contributed by atoms with Crippen molar-refractivity contribution in [2.45, 2.75) is 23.6 Å². The van der Waals surface area contributed by atoms with Gasteiger partial charge in [0, 0.05) is 40.9 Å². The summed E-state index contributed by atoms with van der Waals surface area (Å²) in [5, 5.41) is 10.0. The molecule has 0 saturated heterocycles. The molecule has 31 heavy (non-hydrogen) atoms. The van der Waals surface area contributed by atoms with Crippen LogP contribution in [0.2, 0.25) is 0 Å². The highest BCUT2D eigenvalue weighted by Gasteiger charge is 2.58. The number of amidine groups is 1. The number of aliphatic imine (C=N–C) groups is 1. The van der Waals surface area contributed by atoms with Crippen LogP contribution in [-0.4, -0.2) is 27.1 Å². The topological polar surface area (TPSA) is 88.0 Å². The summed E-state index contributed by atoms with van der Waals surface area (Å²) in [6.07, 6.45) is 3.82. The quantitative estimate of drug-likeness (QED) is 0.664. The number of pyridine rings is 2. The number of hydrogen-bond acceptors (Lipinski definition) is 6. The van der Waals surface area contributed by atoms with Gasteiger partial charge in [0.15, 0.2) is 16.8 Å². The molecule has 5 rings (SSSR count). The number of benzene rings is 1. The molecule has 2 aromatic heterocycles. The first-order chi connectivity index (χ1) is 14.9. The molecule has 1 aliphatic heterocycles. The Balaban J connectivity index is 1.60. The summed E-state index contributed by atoms with van der Waals surface area (Å²) < 4.78 is 43.8. The van der Waals surface area contributed by atoms with Crippen LogP contribution in [-0.2, 0) is 12.0 Å². The zero-order valence-corrected chi connectivity index (χ0v) is 17.0. The maximum absolute atomic E-state index is 14.9. The number of fused-ring (bicyclic) bond motifs is 2. The minimum atomic E-state index is -1.51. The lowest BCUT2D eigenvalue weighted by molar-refractivity contribution is 0.268. The summed E-state index contributed by atoms with van der Waals surface area (Å²) in [7, 11) is 0. The normalized spacial score (nSPS) is 24.4. The molecule has 2 aliphatic rings. The van der Waals surface area contributed by atoms with Crippen LogP contribution in [0, 0.1) is 28.9 Å². The van der Waals surface area contributed by atoms with Crippen LogP contribution >= 0.6 is 11.8 Å². The summed E-state index contributed by atoms with van der Waals surface area (Å²) in [6, 6.07) is 8.00. The van der Waals surface area contributed by atoms with Crippen molar-refractivity contribution in [2.24, 2.45) is 16.6 Å². The fourth-order valence-corrected chi connectivity index (χ4v) is 5.51. The smallest absolute Gasteiger partial charge is 0.164 e. The molecule has 0 spiro atoms. The summed E-state index contributed by atoms with van der Waals surface area (Å²) in [5.74, 6) is -2.39. The lowest BCUT2D eigenvalue weighted by Crippen LogP contribution is -2.37. The van der Waals surface area contributed by atoms with Crippen molar-refractivity contribution in [3.05, 3.63) is 70.7 Å². The van der Waals surface area contributed by atoms with Crippen molar-refractivity contribution in [3.63, 3.8) is 0 Å². The van der Waals surface area contributed by atoms with Gasteiger partial charge in [-0.3, -0.25) is 9.97 Å². The number of hydrogen-bond donors (Lipinski definition) is 1. The van der Waals surface area contributed by atoms with Gasteiger partial charge in [-0.25, -0.2) is 18.2 Å². The van der Waals surface area contributed by atoms with E-state index in [1.54, 1.807) is 18.3 Å². The van der Waals surface area contributed by atoms with Gasteiger partial charge in [0.1, 0.15) is 18.3 Å².